The van der Waals surface area contributed by atoms with Crippen LogP contribution in [0, 0.1) is 5.41 Å². The maximum absolute atomic E-state index is 9.03. The van der Waals surface area contributed by atoms with Crippen molar-refractivity contribution in [2.45, 2.75) is 26.6 Å². The Kier molecular flexibility index (Phi) is 1.29. The van der Waals surface area contributed by atoms with E-state index in [0.717, 1.165) is 6.42 Å². The van der Waals surface area contributed by atoms with Gasteiger partial charge in [0.15, 0.2) is 6.29 Å². The lowest BCUT2D eigenvalue weighted by Gasteiger charge is -2.18. The van der Waals surface area contributed by atoms with E-state index in [4.69, 9.17) is 9.84 Å². The van der Waals surface area contributed by atoms with Crippen LogP contribution in [0.5, 0.6) is 0 Å². The second-order valence-electron chi connectivity index (χ2n) is 2.96. The molecule has 8 heavy (non-hydrogen) atoms. The number of hydrogen-bond acceptors (Lipinski definition) is 2. The summed E-state index contributed by atoms with van der Waals surface area (Å²) in [5.74, 6) is 0. The zero-order chi connectivity index (χ0) is 6.20. The van der Waals surface area contributed by atoms with Gasteiger partial charge in [0.05, 0.1) is 6.61 Å². The molecule has 1 aliphatic heterocycles. The average molecular weight is 116 g/mol. The van der Waals surface area contributed by atoms with Crippen molar-refractivity contribution in [1.29, 1.82) is 0 Å². The second kappa shape index (κ2) is 1.71. The summed E-state index contributed by atoms with van der Waals surface area (Å²) in [5.41, 5.74) is -0.0139. The molecule has 0 aromatic rings. The molecule has 1 rings (SSSR count). The summed E-state index contributed by atoms with van der Waals surface area (Å²) in [6, 6.07) is 0. The van der Waals surface area contributed by atoms with Crippen molar-refractivity contribution in [1.82, 2.24) is 0 Å². The summed E-state index contributed by atoms with van der Waals surface area (Å²) in [4.78, 5) is 0. The van der Waals surface area contributed by atoms with Gasteiger partial charge in [-0.1, -0.05) is 13.8 Å². The fourth-order valence-electron chi connectivity index (χ4n) is 0.783. The Morgan fingerprint density at radius 3 is 2.38 bits per heavy atom. The van der Waals surface area contributed by atoms with Gasteiger partial charge in [-0.05, 0) is 6.42 Å². The predicted octanol–water partition coefficient (Wildman–Crippen LogP) is 0.751. The Hall–Kier alpha value is -0.0800. The molecule has 0 radical (unpaired) electrons. The van der Waals surface area contributed by atoms with Gasteiger partial charge in [0.25, 0.3) is 0 Å². The van der Waals surface area contributed by atoms with Crippen LogP contribution in [0.2, 0.25) is 0 Å². The molecule has 0 saturated carbocycles. The van der Waals surface area contributed by atoms with E-state index < -0.39 is 6.29 Å². The van der Waals surface area contributed by atoms with Gasteiger partial charge < -0.3 is 9.84 Å². The Labute approximate surface area is 49.5 Å². The van der Waals surface area contributed by atoms with Crippen LogP contribution in [0.15, 0.2) is 0 Å². The fourth-order valence-corrected chi connectivity index (χ4v) is 0.783. The van der Waals surface area contributed by atoms with Gasteiger partial charge in [-0.3, -0.25) is 0 Å². The molecule has 0 aliphatic carbocycles. The molecule has 0 aromatic heterocycles. The summed E-state index contributed by atoms with van der Waals surface area (Å²) in [6.45, 7) is 4.71. The molecule has 48 valence electrons. The van der Waals surface area contributed by atoms with Crippen LogP contribution in [0.1, 0.15) is 20.3 Å². The van der Waals surface area contributed by atoms with E-state index in [1.807, 2.05) is 13.8 Å². The van der Waals surface area contributed by atoms with E-state index in [2.05, 4.69) is 0 Å². The van der Waals surface area contributed by atoms with Crippen molar-refractivity contribution in [3.05, 3.63) is 0 Å². The number of hydrogen-bond donors (Lipinski definition) is 1. The van der Waals surface area contributed by atoms with Gasteiger partial charge in [0.1, 0.15) is 0 Å². The van der Waals surface area contributed by atoms with Crippen molar-refractivity contribution in [2.24, 2.45) is 5.41 Å². The van der Waals surface area contributed by atoms with E-state index in [-0.39, 0.29) is 5.41 Å². The lowest BCUT2D eigenvalue weighted by molar-refractivity contribution is -0.106. The number of ether oxygens (including phenoxy) is 1. The van der Waals surface area contributed by atoms with Crippen LogP contribution in [0.25, 0.3) is 0 Å². The van der Waals surface area contributed by atoms with Crippen LogP contribution < -0.4 is 0 Å². The third-order valence-corrected chi connectivity index (χ3v) is 1.69. The van der Waals surface area contributed by atoms with Crippen LogP contribution >= 0.6 is 0 Å². The SMILES string of the molecule is CC1(C)CCO[C@H]1O. The van der Waals surface area contributed by atoms with Gasteiger partial charge in [-0.2, -0.15) is 0 Å². The minimum atomic E-state index is -0.539. The lowest BCUT2D eigenvalue weighted by atomic mass is 9.91. The molecule has 1 aliphatic rings. The normalized spacial score (nSPS) is 35.6. The zero-order valence-electron chi connectivity index (χ0n) is 5.35. The molecule has 0 unspecified atom stereocenters. The van der Waals surface area contributed by atoms with Crippen LogP contribution in [-0.4, -0.2) is 18.0 Å². The van der Waals surface area contributed by atoms with Gasteiger partial charge in [0, 0.05) is 5.41 Å². The highest BCUT2D eigenvalue weighted by molar-refractivity contribution is 4.76. The molecule has 1 fully saturated rings. The first-order chi connectivity index (χ1) is 3.63. The Morgan fingerprint density at radius 2 is 2.25 bits per heavy atom. The first kappa shape index (κ1) is 6.05. The molecule has 2 heteroatoms. The van der Waals surface area contributed by atoms with Gasteiger partial charge in [-0.25, -0.2) is 0 Å². The smallest absolute Gasteiger partial charge is 0.159 e. The molecule has 2 nitrogen and oxygen atoms in total. The fraction of sp³-hybridized carbons (Fsp3) is 1.00. The molecule has 0 aromatic carbocycles. The highest BCUT2D eigenvalue weighted by Gasteiger charge is 2.33. The van der Waals surface area contributed by atoms with Crippen LogP contribution in [0.3, 0.4) is 0 Å². The van der Waals surface area contributed by atoms with E-state index in [9.17, 15) is 0 Å². The summed E-state index contributed by atoms with van der Waals surface area (Å²) >= 11 is 0. The third kappa shape index (κ3) is 0.858. The van der Waals surface area contributed by atoms with Crippen molar-refractivity contribution in [3.63, 3.8) is 0 Å². The minimum Gasteiger partial charge on any atom is -0.368 e. The molecule has 1 heterocycles. The number of aliphatic hydroxyl groups is 1. The second-order valence-corrected chi connectivity index (χ2v) is 2.96. The summed E-state index contributed by atoms with van der Waals surface area (Å²) < 4.78 is 4.92. The van der Waals surface area contributed by atoms with Crippen LogP contribution in [0.4, 0.5) is 0 Å². The lowest BCUT2D eigenvalue weighted by Crippen LogP contribution is -2.23. The summed E-state index contributed by atoms with van der Waals surface area (Å²) in [7, 11) is 0. The van der Waals surface area contributed by atoms with Crippen LogP contribution in [-0.2, 0) is 4.74 Å². The molecule has 1 N–H and O–H groups in total. The number of rotatable bonds is 0. The molecular weight excluding hydrogens is 104 g/mol. The molecule has 0 amide bonds. The minimum absolute atomic E-state index is 0.0139. The highest BCUT2D eigenvalue weighted by Crippen LogP contribution is 2.31. The van der Waals surface area contributed by atoms with E-state index in [0.29, 0.717) is 6.61 Å². The monoisotopic (exact) mass is 116 g/mol. The molecule has 0 bridgehead atoms. The number of aliphatic hydroxyl groups excluding tert-OH is 1. The van der Waals surface area contributed by atoms with Gasteiger partial charge >= 0.3 is 0 Å². The molecular formula is C6H12O2. The molecule has 1 saturated heterocycles. The molecule has 0 spiro atoms. The van der Waals surface area contributed by atoms with Crippen molar-refractivity contribution in [2.75, 3.05) is 6.61 Å². The van der Waals surface area contributed by atoms with Gasteiger partial charge in [-0.15, -0.1) is 0 Å². The Morgan fingerprint density at radius 1 is 1.62 bits per heavy atom. The largest absolute Gasteiger partial charge is 0.368 e. The standard InChI is InChI=1S/C6H12O2/c1-6(2)3-4-8-5(6)7/h5,7H,3-4H2,1-2H3/t5-/m1/s1. The first-order valence-electron chi connectivity index (χ1n) is 2.92. The van der Waals surface area contributed by atoms with Crippen molar-refractivity contribution in [3.8, 4) is 0 Å². The van der Waals surface area contributed by atoms with Crippen molar-refractivity contribution < 1.29 is 9.84 Å². The average Bonchev–Trinajstić information content (AvgIpc) is 1.86. The third-order valence-electron chi connectivity index (χ3n) is 1.69. The van der Waals surface area contributed by atoms with E-state index in [1.54, 1.807) is 0 Å². The maximum Gasteiger partial charge on any atom is 0.159 e. The Balaban J connectivity index is 2.54. The quantitative estimate of drug-likeness (QED) is 0.506. The molecule has 1 atom stereocenters. The Bertz CT molecular complexity index is 88.5. The summed E-state index contributed by atoms with van der Waals surface area (Å²) in [5, 5.41) is 9.03. The summed E-state index contributed by atoms with van der Waals surface area (Å²) in [6.07, 6.45) is 0.427. The van der Waals surface area contributed by atoms with E-state index in [1.165, 1.54) is 0 Å². The first-order valence-corrected chi connectivity index (χ1v) is 2.92. The predicted molar refractivity (Wildman–Crippen MR) is 30.4 cm³/mol. The zero-order valence-corrected chi connectivity index (χ0v) is 5.35. The topological polar surface area (TPSA) is 29.5 Å². The highest BCUT2D eigenvalue weighted by atomic mass is 16.6. The van der Waals surface area contributed by atoms with Gasteiger partial charge in [0.2, 0.25) is 0 Å². The maximum atomic E-state index is 9.03. The van der Waals surface area contributed by atoms with E-state index >= 15 is 0 Å². The van der Waals surface area contributed by atoms with Crippen molar-refractivity contribution >= 4 is 0 Å².